The van der Waals surface area contributed by atoms with Gasteiger partial charge in [0, 0.05) is 34.1 Å². The molecule has 0 amide bonds. The van der Waals surface area contributed by atoms with Gasteiger partial charge < -0.3 is 14.6 Å². The average molecular weight is 463 g/mol. The highest BCUT2D eigenvalue weighted by Gasteiger charge is 2.28. The lowest BCUT2D eigenvalue weighted by Crippen LogP contribution is -2.28. The second-order valence-electron chi connectivity index (χ2n) is 9.55. The highest BCUT2D eigenvalue weighted by atomic mass is 16.5. The Bertz CT molecular complexity index is 1300. The van der Waals surface area contributed by atoms with Gasteiger partial charge in [0.2, 0.25) is 0 Å². The van der Waals surface area contributed by atoms with Gasteiger partial charge in [-0.25, -0.2) is 4.98 Å². The van der Waals surface area contributed by atoms with E-state index in [1.54, 1.807) is 29.8 Å². The lowest BCUT2D eigenvalue weighted by Gasteiger charge is -2.30. The van der Waals surface area contributed by atoms with Crippen molar-refractivity contribution in [2.45, 2.75) is 59.5 Å². The summed E-state index contributed by atoms with van der Waals surface area (Å²) in [6, 6.07) is 9.19. The van der Waals surface area contributed by atoms with E-state index in [2.05, 4.69) is 4.98 Å². The molecule has 1 N–H and O–H groups in total. The Hall–Kier alpha value is -3.61. The zero-order valence-electron chi connectivity index (χ0n) is 20.3. The van der Waals surface area contributed by atoms with Crippen molar-refractivity contribution in [3.63, 3.8) is 0 Å². The van der Waals surface area contributed by atoms with Crippen LogP contribution in [0.5, 0.6) is 11.5 Å². The summed E-state index contributed by atoms with van der Waals surface area (Å²) >= 11 is 0. The number of fused-ring (bicyclic) bond motifs is 1. The number of carboxylic acids is 1. The molecule has 3 aromatic rings. The summed E-state index contributed by atoms with van der Waals surface area (Å²) in [5.41, 5.74) is 3.09. The molecule has 0 aliphatic carbocycles. The number of hydrogen-bond donors (Lipinski definition) is 1. The van der Waals surface area contributed by atoms with Crippen LogP contribution in [0.3, 0.4) is 0 Å². The maximum Gasteiger partial charge on any atom is 0.307 e. The first-order chi connectivity index (χ1) is 16.1. The third-order valence-corrected chi connectivity index (χ3v) is 5.91. The molecule has 0 saturated heterocycles. The molecule has 0 bridgehead atoms. The smallest absolute Gasteiger partial charge is 0.307 e. The summed E-state index contributed by atoms with van der Waals surface area (Å²) < 4.78 is 13.9. The van der Waals surface area contributed by atoms with Crippen LogP contribution < -0.4 is 15.0 Å². The van der Waals surface area contributed by atoms with E-state index in [0.29, 0.717) is 40.6 Å². The quantitative estimate of drug-likeness (QED) is 0.594. The fraction of sp³-hybridized carbons (Fsp3) is 0.370. The largest absolute Gasteiger partial charge is 0.493 e. The number of carboxylic acid groups (broad SMARTS) is 1. The Morgan fingerprint density at radius 3 is 2.62 bits per heavy atom. The molecule has 0 saturated carbocycles. The van der Waals surface area contributed by atoms with Crippen LogP contribution in [0.1, 0.15) is 49.6 Å². The van der Waals surface area contributed by atoms with Crippen LogP contribution in [0.4, 0.5) is 0 Å². The van der Waals surface area contributed by atoms with E-state index in [4.69, 9.17) is 9.47 Å². The molecule has 3 heterocycles. The van der Waals surface area contributed by atoms with Crippen molar-refractivity contribution in [3.05, 3.63) is 69.3 Å². The summed E-state index contributed by atoms with van der Waals surface area (Å²) in [7, 11) is 0. The van der Waals surface area contributed by atoms with E-state index in [-0.39, 0.29) is 12.0 Å². The predicted octanol–water partition coefficient (Wildman–Crippen LogP) is 4.65. The fourth-order valence-corrected chi connectivity index (χ4v) is 4.49. The van der Waals surface area contributed by atoms with Crippen molar-refractivity contribution in [1.82, 2.24) is 9.55 Å². The first-order valence-corrected chi connectivity index (χ1v) is 11.4. The Labute approximate surface area is 199 Å². The Morgan fingerprint density at radius 2 is 1.97 bits per heavy atom. The molecular formula is C27H30N2O5. The van der Waals surface area contributed by atoms with E-state index >= 15 is 0 Å². The summed E-state index contributed by atoms with van der Waals surface area (Å²) in [6.45, 7) is 10.1. The highest BCUT2D eigenvalue weighted by molar-refractivity contribution is 5.83. The number of pyridine rings is 2. The van der Waals surface area contributed by atoms with Crippen molar-refractivity contribution < 1.29 is 19.4 Å². The Balaban J connectivity index is 2.11. The summed E-state index contributed by atoms with van der Waals surface area (Å²) in [5.74, 6) is 0.931. The average Bonchev–Trinajstić information content (AvgIpc) is 2.78. The molecule has 1 aliphatic rings. The Kier molecular flexibility index (Phi) is 6.21. The molecule has 7 heteroatoms. The van der Waals surface area contributed by atoms with E-state index < -0.39 is 11.6 Å². The number of hydrogen-bond acceptors (Lipinski definition) is 5. The van der Waals surface area contributed by atoms with Crippen molar-refractivity contribution in [3.8, 4) is 28.4 Å². The van der Waals surface area contributed by atoms with Crippen LogP contribution in [0.2, 0.25) is 0 Å². The molecule has 0 fully saturated rings. The second kappa shape index (κ2) is 8.97. The Morgan fingerprint density at radius 1 is 1.21 bits per heavy atom. The number of nitrogens with zero attached hydrogens (tertiary/aromatic N) is 2. The molecule has 0 radical (unpaired) electrons. The normalized spacial score (nSPS) is 13.2. The van der Waals surface area contributed by atoms with Gasteiger partial charge in [0.1, 0.15) is 22.9 Å². The molecule has 178 valence electrons. The number of benzene rings is 1. The summed E-state index contributed by atoms with van der Waals surface area (Å²) in [4.78, 5) is 29.6. The van der Waals surface area contributed by atoms with Crippen LogP contribution >= 0.6 is 0 Å². The number of rotatable bonds is 5. The van der Waals surface area contributed by atoms with E-state index in [9.17, 15) is 14.7 Å². The van der Waals surface area contributed by atoms with Crippen LogP contribution in [0.25, 0.3) is 16.9 Å². The van der Waals surface area contributed by atoms with E-state index in [1.807, 2.05) is 45.9 Å². The lowest BCUT2D eigenvalue weighted by atomic mass is 9.89. The first kappa shape index (κ1) is 23.5. The lowest BCUT2D eigenvalue weighted by molar-refractivity contribution is -0.136. The molecule has 4 rings (SSSR count). The maximum atomic E-state index is 13.4. The maximum absolute atomic E-state index is 13.4. The van der Waals surface area contributed by atoms with Gasteiger partial charge in [-0.15, -0.1) is 0 Å². The summed E-state index contributed by atoms with van der Waals surface area (Å²) in [6.07, 6.45) is 3.01. The van der Waals surface area contributed by atoms with Gasteiger partial charge in [-0.1, -0.05) is 6.07 Å². The van der Waals surface area contributed by atoms with E-state index in [0.717, 1.165) is 29.7 Å². The molecule has 34 heavy (non-hydrogen) atoms. The molecule has 1 aliphatic heterocycles. The number of aliphatic carboxylic acids is 1. The van der Waals surface area contributed by atoms with Crippen LogP contribution in [-0.2, 0) is 17.6 Å². The van der Waals surface area contributed by atoms with Gasteiger partial charge in [0.05, 0.1) is 13.0 Å². The molecule has 0 atom stereocenters. The van der Waals surface area contributed by atoms with Gasteiger partial charge in [-0.2, -0.15) is 0 Å². The minimum atomic E-state index is -1.00. The van der Waals surface area contributed by atoms with E-state index in [1.165, 1.54) is 0 Å². The zero-order chi connectivity index (χ0) is 24.6. The minimum Gasteiger partial charge on any atom is -0.493 e. The van der Waals surface area contributed by atoms with Gasteiger partial charge in [0.25, 0.3) is 5.56 Å². The highest BCUT2D eigenvalue weighted by Crippen LogP contribution is 2.44. The van der Waals surface area contributed by atoms with Crippen LogP contribution in [-0.4, -0.2) is 32.8 Å². The standard InChI is InChI=1S/C27H30N2O5/c1-16-20(15-23(30)31)24(17(2)29(26(16)32)22-10-6-7-13-28-22)19-11-12-21-18(9-8-14-33-21)25(19)34-27(3,4)5/h6-7,10-13H,8-9,14-15H2,1-5H3,(H,30,31). The molecular weight excluding hydrogens is 432 g/mol. The van der Waals surface area contributed by atoms with Gasteiger partial charge in [-0.3, -0.25) is 14.2 Å². The number of ether oxygens (including phenoxy) is 2. The topological polar surface area (TPSA) is 90.7 Å². The SMILES string of the molecule is Cc1c(CC(=O)O)c(-c2ccc3c(c2OC(C)(C)C)CCCO3)c(C)n(-c2ccccn2)c1=O. The van der Waals surface area contributed by atoms with Crippen molar-refractivity contribution in [1.29, 1.82) is 0 Å². The van der Waals surface area contributed by atoms with Gasteiger partial charge in [0.15, 0.2) is 0 Å². The monoisotopic (exact) mass is 462 g/mol. The number of carbonyl (C=O) groups is 1. The van der Waals surface area contributed by atoms with Crippen LogP contribution in [0, 0.1) is 13.8 Å². The van der Waals surface area contributed by atoms with Crippen molar-refractivity contribution in [2.75, 3.05) is 6.61 Å². The molecule has 7 nitrogen and oxygen atoms in total. The number of aromatic nitrogens is 2. The second-order valence-corrected chi connectivity index (χ2v) is 9.55. The predicted molar refractivity (Wildman–Crippen MR) is 130 cm³/mol. The molecule has 0 spiro atoms. The minimum absolute atomic E-state index is 0.275. The van der Waals surface area contributed by atoms with Crippen LogP contribution in [0.15, 0.2) is 41.3 Å². The van der Waals surface area contributed by atoms with Gasteiger partial charge >= 0.3 is 5.97 Å². The third-order valence-electron chi connectivity index (χ3n) is 5.91. The fourth-order valence-electron chi connectivity index (χ4n) is 4.49. The first-order valence-electron chi connectivity index (χ1n) is 11.4. The third kappa shape index (κ3) is 4.42. The van der Waals surface area contributed by atoms with Gasteiger partial charge in [-0.05, 0) is 77.3 Å². The molecule has 2 aromatic heterocycles. The van der Waals surface area contributed by atoms with Crippen molar-refractivity contribution in [2.24, 2.45) is 0 Å². The zero-order valence-corrected chi connectivity index (χ0v) is 20.3. The summed E-state index contributed by atoms with van der Waals surface area (Å²) in [5, 5.41) is 9.71. The molecule has 1 aromatic carbocycles. The molecule has 0 unspecified atom stereocenters. The van der Waals surface area contributed by atoms with Crippen molar-refractivity contribution >= 4 is 5.97 Å².